The second kappa shape index (κ2) is 6.40. The average molecular weight is 353 g/mol. The zero-order valence-electron chi connectivity index (χ0n) is 14.7. The Morgan fingerprint density at radius 2 is 2.04 bits per heavy atom. The van der Waals surface area contributed by atoms with E-state index >= 15 is 0 Å². The molecular weight excluding hydrogens is 333 g/mol. The van der Waals surface area contributed by atoms with Crippen LogP contribution in [0.1, 0.15) is 45.6 Å². The van der Waals surface area contributed by atoms with Crippen molar-refractivity contribution in [1.29, 1.82) is 0 Å². The number of nitrogens with one attached hydrogen (secondary N) is 1. The number of H-pyrrole nitrogens is 1. The van der Waals surface area contributed by atoms with Crippen LogP contribution in [0.2, 0.25) is 0 Å². The highest BCUT2D eigenvalue weighted by atomic mass is 19.1. The van der Waals surface area contributed by atoms with Crippen LogP contribution in [0.25, 0.3) is 0 Å². The molecule has 3 heterocycles. The maximum atomic E-state index is 13.1. The number of carbonyl (C=O) groups excluding carboxylic acids is 1. The highest BCUT2D eigenvalue weighted by molar-refractivity contribution is 5.93. The number of carbonyl (C=O) groups is 1. The lowest BCUT2D eigenvalue weighted by Crippen LogP contribution is -2.45. The molecule has 1 aliphatic heterocycles. The van der Waals surface area contributed by atoms with Gasteiger partial charge < -0.3 is 4.90 Å². The monoisotopic (exact) mass is 353 g/mol. The smallest absolute Gasteiger partial charge is 0.274 e. The molecule has 4 rings (SSSR count). The molecule has 0 saturated carbocycles. The average Bonchev–Trinajstić information content (AvgIpc) is 3.15. The summed E-state index contributed by atoms with van der Waals surface area (Å²) in [6.45, 7) is 5.17. The van der Waals surface area contributed by atoms with Gasteiger partial charge in [0.05, 0.1) is 24.0 Å². The molecule has 0 bridgehead atoms. The van der Waals surface area contributed by atoms with Crippen molar-refractivity contribution in [2.24, 2.45) is 0 Å². The van der Waals surface area contributed by atoms with Crippen molar-refractivity contribution in [3.8, 4) is 0 Å². The van der Waals surface area contributed by atoms with E-state index in [2.05, 4.69) is 15.3 Å². The summed E-state index contributed by atoms with van der Waals surface area (Å²) in [4.78, 5) is 14.5. The van der Waals surface area contributed by atoms with Gasteiger partial charge >= 0.3 is 0 Å². The molecule has 3 aromatic rings. The largest absolute Gasteiger partial charge is 0.330 e. The molecule has 0 aliphatic carbocycles. The fourth-order valence-corrected chi connectivity index (χ4v) is 3.36. The fraction of sp³-hybridized carbons (Fsp3) is 0.316. The van der Waals surface area contributed by atoms with Crippen LogP contribution in [-0.4, -0.2) is 37.3 Å². The molecule has 0 radical (unpaired) electrons. The quantitative estimate of drug-likeness (QED) is 0.784. The van der Waals surface area contributed by atoms with Crippen LogP contribution < -0.4 is 0 Å². The summed E-state index contributed by atoms with van der Waals surface area (Å²) in [5.74, 6) is -0.381. The van der Waals surface area contributed by atoms with Gasteiger partial charge in [0.1, 0.15) is 11.5 Å². The number of hydrogen-bond donors (Lipinski definition) is 1. The van der Waals surface area contributed by atoms with Crippen LogP contribution in [0.4, 0.5) is 4.39 Å². The second-order valence-corrected chi connectivity index (χ2v) is 6.72. The van der Waals surface area contributed by atoms with Gasteiger partial charge in [0.15, 0.2) is 0 Å². The molecule has 2 aromatic heterocycles. The van der Waals surface area contributed by atoms with E-state index < -0.39 is 0 Å². The summed E-state index contributed by atoms with van der Waals surface area (Å²) < 4.78 is 15.0. The Hall–Kier alpha value is -2.96. The first-order valence-corrected chi connectivity index (χ1v) is 8.63. The van der Waals surface area contributed by atoms with Crippen molar-refractivity contribution >= 4 is 5.91 Å². The highest BCUT2D eigenvalue weighted by Crippen LogP contribution is 2.34. The molecule has 6 nitrogen and oxygen atoms in total. The number of halogens is 1. The van der Waals surface area contributed by atoms with Crippen molar-refractivity contribution in [2.75, 3.05) is 6.54 Å². The first-order valence-electron chi connectivity index (χ1n) is 8.63. The van der Waals surface area contributed by atoms with E-state index in [1.165, 1.54) is 12.1 Å². The van der Waals surface area contributed by atoms with Crippen LogP contribution in [-0.2, 0) is 6.54 Å². The van der Waals surface area contributed by atoms with Crippen molar-refractivity contribution in [3.63, 3.8) is 0 Å². The normalized spacial score (nSPS) is 16.6. The molecule has 1 aromatic carbocycles. The van der Waals surface area contributed by atoms with Crippen molar-refractivity contribution in [3.05, 3.63) is 70.6 Å². The van der Waals surface area contributed by atoms with Crippen LogP contribution in [0.15, 0.2) is 36.4 Å². The number of aryl methyl sites for hydroxylation is 2. The van der Waals surface area contributed by atoms with Gasteiger partial charge in [-0.15, -0.1) is 0 Å². The second-order valence-electron chi connectivity index (χ2n) is 6.72. The molecule has 0 unspecified atom stereocenters. The molecule has 0 spiro atoms. The SMILES string of the molecule is Cc1cc(C)n(Cc2cc(C(=O)N3CC[C@H]3c3ccc(F)cc3)n[nH]2)n1. The van der Waals surface area contributed by atoms with E-state index in [4.69, 9.17) is 0 Å². The number of likely N-dealkylation sites (tertiary alicyclic amines) is 1. The summed E-state index contributed by atoms with van der Waals surface area (Å²) in [5, 5.41) is 11.5. The van der Waals surface area contributed by atoms with Crippen LogP contribution in [0.5, 0.6) is 0 Å². The number of hydrogen-bond acceptors (Lipinski definition) is 3. The van der Waals surface area contributed by atoms with Crippen molar-refractivity contribution in [2.45, 2.75) is 32.9 Å². The van der Waals surface area contributed by atoms with Crippen LogP contribution >= 0.6 is 0 Å². The summed E-state index contributed by atoms with van der Waals surface area (Å²) in [7, 11) is 0. The van der Waals surface area contributed by atoms with E-state index in [0.29, 0.717) is 18.8 Å². The minimum Gasteiger partial charge on any atom is -0.330 e. The number of aromatic nitrogens is 4. The lowest BCUT2D eigenvalue weighted by molar-refractivity contribution is 0.0454. The molecule has 1 fully saturated rings. The molecule has 134 valence electrons. The lowest BCUT2D eigenvalue weighted by atomic mass is 9.94. The Bertz CT molecular complexity index is 943. The standard InChI is InChI=1S/C19H20FN5O/c1-12-9-13(2)25(23-12)11-16-10-17(22-21-16)19(26)24-8-7-18(24)14-3-5-15(20)6-4-14/h3-6,9-10,18H,7-8,11H2,1-2H3,(H,21,22)/t18-/m0/s1. The van der Waals surface area contributed by atoms with Gasteiger partial charge in [0.25, 0.3) is 5.91 Å². The molecule has 26 heavy (non-hydrogen) atoms. The third kappa shape index (κ3) is 3.00. The Balaban J connectivity index is 1.48. The third-order valence-corrected chi connectivity index (χ3v) is 4.81. The molecule has 1 atom stereocenters. The molecule has 7 heteroatoms. The molecule has 1 aliphatic rings. The molecular formula is C19H20FN5O. The summed E-state index contributed by atoms with van der Waals surface area (Å²) in [6.07, 6.45) is 0.875. The van der Waals surface area contributed by atoms with Crippen molar-refractivity contribution < 1.29 is 9.18 Å². The van der Waals surface area contributed by atoms with Gasteiger partial charge in [-0.05, 0) is 50.1 Å². The Kier molecular flexibility index (Phi) is 4.06. The molecule has 1 saturated heterocycles. The van der Waals surface area contributed by atoms with E-state index in [1.807, 2.05) is 24.6 Å². The van der Waals surface area contributed by atoms with Gasteiger partial charge in [-0.3, -0.25) is 14.6 Å². The fourth-order valence-electron chi connectivity index (χ4n) is 3.36. The number of nitrogens with zero attached hydrogens (tertiary/aromatic N) is 4. The highest BCUT2D eigenvalue weighted by Gasteiger charge is 2.34. The van der Waals surface area contributed by atoms with Crippen molar-refractivity contribution in [1.82, 2.24) is 24.9 Å². The van der Waals surface area contributed by atoms with Gasteiger partial charge in [-0.25, -0.2) is 4.39 Å². The van der Waals surface area contributed by atoms with E-state index in [9.17, 15) is 9.18 Å². The first-order chi connectivity index (χ1) is 12.5. The maximum absolute atomic E-state index is 13.1. The van der Waals surface area contributed by atoms with E-state index in [1.54, 1.807) is 23.1 Å². The van der Waals surface area contributed by atoms with Gasteiger partial charge in [0, 0.05) is 12.2 Å². The number of benzene rings is 1. The molecule has 1 amide bonds. The number of aromatic amines is 1. The number of amides is 1. The Morgan fingerprint density at radius 3 is 2.65 bits per heavy atom. The summed E-state index contributed by atoms with van der Waals surface area (Å²) in [6, 6.07) is 10.1. The van der Waals surface area contributed by atoms with E-state index in [-0.39, 0.29) is 17.8 Å². The summed E-state index contributed by atoms with van der Waals surface area (Å²) >= 11 is 0. The first kappa shape index (κ1) is 16.5. The minimum absolute atomic E-state index is 0.0146. The topological polar surface area (TPSA) is 66.8 Å². The minimum atomic E-state index is -0.271. The van der Waals surface area contributed by atoms with E-state index in [0.717, 1.165) is 29.1 Å². The third-order valence-electron chi connectivity index (χ3n) is 4.81. The zero-order valence-corrected chi connectivity index (χ0v) is 14.7. The summed E-state index contributed by atoms with van der Waals surface area (Å²) in [5.41, 5.74) is 4.20. The Morgan fingerprint density at radius 1 is 1.27 bits per heavy atom. The van der Waals surface area contributed by atoms with Gasteiger partial charge in [0.2, 0.25) is 0 Å². The Labute approximate surface area is 150 Å². The van der Waals surface area contributed by atoms with Crippen LogP contribution in [0, 0.1) is 19.7 Å². The number of rotatable bonds is 4. The maximum Gasteiger partial charge on any atom is 0.274 e. The lowest BCUT2D eigenvalue weighted by Gasteiger charge is -2.41. The zero-order chi connectivity index (χ0) is 18.3. The molecule has 1 N–H and O–H groups in total. The van der Waals surface area contributed by atoms with Gasteiger partial charge in [-0.2, -0.15) is 10.2 Å². The predicted octanol–water partition coefficient (Wildman–Crippen LogP) is 3.00. The van der Waals surface area contributed by atoms with Crippen LogP contribution in [0.3, 0.4) is 0 Å². The van der Waals surface area contributed by atoms with Gasteiger partial charge in [-0.1, -0.05) is 12.1 Å². The predicted molar refractivity (Wildman–Crippen MR) is 94.2 cm³/mol.